The van der Waals surface area contributed by atoms with Gasteiger partial charge in [-0.1, -0.05) is 30.0 Å². The van der Waals surface area contributed by atoms with E-state index >= 15 is 0 Å². The molecule has 2 aromatic rings. The molecule has 5 nitrogen and oxygen atoms in total. The Labute approximate surface area is 110 Å². The van der Waals surface area contributed by atoms with Crippen LogP contribution in [0.2, 0.25) is 0 Å². The van der Waals surface area contributed by atoms with Gasteiger partial charge in [0, 0.05) is 11.4 Å². The van der Waals surface area contributed by atoms with Crippen LogP contribution in [0.25, 0.3) is 5.69 Å². The molecular weight excluding hydrogens is 250 g/mol. The molecule has 0 radical (unpaired) electrons. The lowest BCUT2D eigenvalue weighted by Crippen LogP contribution is -2.03. The Kier molecular flexibility index (Phi) is 5.19. The second-order valence-electron chi connectivity index (χ2n) is 3.50. The van der Waals surface area contributed by atoms with E-state index in [9.17, 15) is 0 Å². The second-order valence-corrected chi connectivity index (χ2v) is 4.57. The van der Waals surface area contributed by atoms with E-state index in [1.807, 2.05) is 34.9 Å². The molecule has 0 unspecified atom stereocenters. The summed E-state index contributed by atoms with van der Waals surface area (Å²) in [6, 6.07) is 9.96. The number of rotatable bonds is 7. The van der Waals surface area contributed by atoms with Gasteiger partial charge in [-0.2, -0.15) is 0 Å². The summed E-state index contributed by atoms with van der Waals surface area (Å²) < 4.78 is 7.14. The van der Waals surface area contributed by atoms with Gasteiger partial charge in [0.2, 0.25) is 0 Å². The van der Waals surface area contributed by atoms with Crippen molar-refractivity contribution < 1.29 is 9.84 Å². The summed E-state index contributed by atoms with van der Waals surface area (Å²) in [6.07, 6.45) is 1.70. The summed E-state index contributed by atoms with van der Waals surface area (Å²) in [4.78, 5) is 0. The topological polar surface area (TPSA) is 60.2 Å². The highest BCUT2D eigenvalue weighted by molar-refractivity contribution is 7.99. The molecule has 0 bridgehead atoms. The van der Waals surface area contributed by atoms with Crippen LogP contribution < -0.4 is 0 Å². The normalized spacial score (nSPS) is 10.7. The number of aliphatic hydroxyl groups is 1. The maximum Gasteiger partial charge on any atom is 0.195 e. The molecule has 1 aromatic heterocycles. The first-order valence-electron chi connectivity index (χ1n) is 5.68. The molecule has 0 amide bonds. The van der Waals surface area contributed by atoms with Gasteiger partial charge in [-0.15, -0.1) is 10.2 Å². The predicted molar refractivity (Wildman–Crippen MR) is 70.0 cm³/mol. The van der Waals surface area contributed by atoms with Crippen molar-refractivity contribution in [1.82, 2.24) is 14.8 Å². The third kappa shape index (κ3) is 3.56. The van der Waals surface area contributed by atoms with Crippen molar-refractivity contribution >= 4 is 11.8 Å². The maximum absolute atomic E-state index is 8.58. The molecule has 96 valence electrons. The fourth-order valence-corrected chi connectivity index (χ4v) is 2.23. The molecule has 1 aromatic carbocycles. The number of aromatic nitrogens is 3. The zero-order valence-electron chi connectivity index (χ0n) is 9.90. The number of aliphatic hydroxyl groups excluding tert-OH is 1. The Morgan fingerprint density at radius 3 is 2.83 bits per heavy atom. The Hall–Kier alpha value is -1.37. The standard InChI is InChI=1S/C12H15N3O2S/c16-6-7-17-8-9-18-12-14-13-10-15(12)11-4-2-1-3-5-11/h1-5,10,16H,6-9H2. The van der Waals surface area contributed by atoms with Gasteiger partial charge in [0.05, 0.1) is 19.8 Å². The second kappa shape index (κ2) is 7.15. The van der Waals surface area contributed by atoms with Crippen LogP contribution >= 0.6 is 11.8 Å². The third-order valence-electron chi connectivity index (χ3n) is 2.25. The summed E-state index contributed by atoms with van der Waals surface area (Å²) in [5.74, 6) is 0.783. The summed E-state index contributed by atoms with van der Waals surface area (Å²) in [5, 5.41) is 17.4. The Bertz CT molecular complexity index is 461. The molecule has 0 atom stereocenters. The molecule has 18 heavy (non-hydrogen) atoms. The molecule has 2 rings (SSSR count). The average molecular weight is 265 g/mol. The van der Waals surface area contributed by atoms with Crippen LogP contribution in [0, 0.1) is 0 Å². The van der Waals surface area contributed by atoms with Gasteiger partial charge in [0.25, 0.3) is 0 Å². The molecule has 0 aliphatic heterocycles. The van der Waals surface area contributed by atoms with E-state index in [0.717, 1.165) is 16.6 Å². The molecule has 0 aliphatic carbocycles. The van der Waals surface area contributed by atoms with Crippen molar-refractivity contribution in [2.24, 2.45) is 0 Å². The van der Waals surface area contributed by atoms with Crippen molar-refractivity contribution in [3.05, 3.63) is 36.7 Å². The van der Waals surface area contributed by atoms with Gasteiger partial charge in [0.15, 0.2) is 5.16 Å². The first-order valence-corrected chi connectivity index (χ1v) is 6.67. The molecule has 6 heteroatoms. The van der Waals surface area contributed by atoms with E-state index < -0.39 is 0 Å². The van der Waals surface area contributed by atoms with Gasteiger partial charge in [-0.3, -0.25) is 4.57 Å². The van der Waals surface area contributed by atoms with Crippen LogP contribution in [0.3, 0.4) is 0 Å². The number of hydrogen-bond donors (Lipinski definition) is 1. The molecule has 0 fully saturated rings. The lowest BCUT2D eigenvalue weighted by molar-refractivity contribution is 0.103. The van der Waals surface area contributed by atoms with Crippen LogP contribution in [0.1, 0.15) is 0 Å². The smallest absolute Gasteiger partial charge is 0.195 e. The first kappa shape index (κ1) is 13.1. The molecule has 1 heterocycles. The number of para-hydroxylation sites is 1. The van der Waals surface area contributed by atoms with E-state index in [4.69, 9.17) is 9.84 Å². The molecule has 0 aliphatic rings. The summed E-state index contributed by atoms with van der Waals surface area (Å²) in [7, 11) is 0. The average Bonchev–Trinajstić information content (AvgIpc) is 2.88. The molecular formula is C12H15N3O2S. The lowest BCUT2D eigenvalue weighted by Gasteiger charge is -2.05. The van der Waals surface area contributed by atoms with Crippen molar-refractivity contribution in [3.63, 3.8) is 0 Å². The van der Waals surface area contributed by atoms with E-state index in [0.29, 0.717) is 13.2 Å². The van der Waals surface area contributed by atoms with Crippen molar-refractivity contribution in [2.75, 3.05) is 25.6 Å². The number of thioether (sulfide) groups is 1. The van der Waals surface area contributed by atoms with E-state index in [2.05, 4.69) is 10.2 Å². The fourth-order valence-electron chi connectivity index (χ4n) is 1.45. The van der Waals surface area contributed by atoms with E-state index in [1.165, 1.54) is 0 Å². The largest absolute Gasteiger partial charge is 0.394 e. The van der Waals surface area contributed by atoms with Crippen molar-refractivity contribution in [1.29, 1.82) is 0 Å². The molecule has 0 spiro atoms. The Morgan fingerprint density at radius 1 is 1.22 bits per heavy atom. The minimum Gasteiger partial charge on any atom is -0.394 e. The number of nitrogens with zero attached hydrogens (tertiary/aromatic N) is 3. The minimum atomic E-state index is 0.0604. The van der Waals surface area contributed by atoms with Crippen molar-refractivity contribution in [2.45, 2.75) is 5.16 Å². The monoisotopic (exact) mass is 265 g/mol. The van der Waals surface area contributed by atoms with Crippen LogP contribution in [-0.2, 0) is 4.74 Å². The zero-order chi connectivity index (χ0) is 12.6. The maximum atomic E-state index is 8.58. The molecule has 1 N–H and O–H groups in total. The number of ether oxygens (including phenoxy) is 1. The van der Waals surface area contributed by atoms with Crippen LogP contribution in [-0.4, -0.2) is 45.4 Å². The highest BCUT2D eigenvalue weighted by Gasteiger charge is 2.06. The summed E-state index contributed by atoms with van der Waals surface area (Å²) in [5.41, 5.74) is 1.04. The molecule has 0 saturated heterocycles. The van der Waals surface area contributed by atoms with Crippen molar-refractivity contribution in [3.8, 4) is 5.69 Å². The number of hydrogen-bond acceptors (Lipinski definition) is 5. The minimum absolute atomic E-state index is 0.0604. The quantitative estimate of drug-likeness (QED) is 0.605. The highest BCUT2D eigenvalue weighted by Crippen LogP contribution is 2.18. The Balaban J connectivity index is 1.92. The van der Waals surface area contributed by atoms with E-state index in [1.54, 1.807) is 18.1 Å². The van der Waals surface area contributed by atoms with Crippen LogP contribution in [0.5, 0.6) is 0 Å². The van der Waals surface area contributed by atoms with Crippen LogP contribution in [0.15, 0.2) is 41.8 Å². The number of benzene rings is 1. The first-order chi connectivity index (χ1) is 8.92. The fraction of sp³-hybridized carbons (Fsp3) is 0.333. The van der Waals surface area contributed by atoms with Gasteiger partial charge >= 0.3 is 0 Å². The van der Waals surface area contributed by atoms with Gasteiger partial charge in [-0.25, -0.2) is 0 Å². The van der Waals surface area contributed by atoms with Gasteiger partial charge in [-0.05, 0) is 12.1 Å². The molecule has 0 saturated carbocycles. The summed E-state index contributed by atoms with van der Waals surface area (Å²) >= 11 is 1.58. The van der Waals surface area contributed by atoms with E-state index in [-0.39, 0.29) is 6.61 Å². The third-order valence-corrected chi connectivity index (χ3v) is 3.15. The summed E-state index contributed by atoms with van der Waals surface area (Å²) in [6.45, 7) is 1.03. The van der Waals surface area contributed by atoms with Gasteiger partial charge in [0.1, 0.15) is 6.33 Å². The highest BCUT2D eigenvalue weighted by atomic mass is 32.2. The predicted octanol–water partition coefficient (Wildman–Crippen LogP) is 1.37. The zero-order valence-corrected chi connectivity index (χ0v) is 10.7. The Morgan fingerprint density at radius 2 is 2.06 bits per heavy atom. The van der Waals surface area contributed by atoms with Gasteiger partial charge < -0.3 is 9.84 Å². The SMILES string of the molecule is OCCOCCSc1nncn1-c1ccccc1. The van der Waals surface area contributed by atoms with Crippen LogP contribution in [0.4, 0.5) is 0 Å². The lowest BCUT2D eigenvalue weighted by atomic mass is 10.3.